The van der Waals surface area contributed by atoms with Crippen molar-refractivity contribution in [2.45, 2.75) is 26.3 Å². The second-order valence-corrected chi connectivity index (χ2v) is 5.51. The van der Waals surface area contributed by atoms with Gasteiger partial charge in [-0.05, 0) is 38.0 Å². The number of methoxy groups -OCH3 is 1. The summed E-state index contributed by atoms with van der Waals surface area (Å²) < 4.78 is 5.46. The first-order valence-electron chi connectivity index (χ1n) is 6.84. The largest absolute Gasteiger partial charge is 0.494 e. The van der Waals surface area contributed by atoms with E-state index in [4.69, 9.17) is 10.5 Å². The van der Waals surface area contributed by atoms with Crippen molar-refractivity contribution in [1.29, 1.82) is 0 Å². The van der Waals surface area contributed by atoms with Crippen LogP contribution in [0.2, 0.25) is 0 Å². The maximum atomic E-state index is 5.98. The summed E-state index contributed by atoms with van der Waals surface area (Å²) in [6.45, 7) is 4.02. The van der Waals surface area contributed by atoms with E-state index in [1.165, 1.54) is 5.56 Å². The molecular weight excluding hydrogens is 250 g/mol. The summed E-state index contributed by atoms with van der Waals surface area (Å²) >= 11 is 0. The molecule has 0 aliphatic carbocycles. The zero-order valence-corrected chi connectivity index (χ0v) is 12.9. The first kappa shape index (κ1) is 14.6. The zero-order chi connectivity index (χ0) is 14.9. The lowest BCUT2D eigenvalue weighted by Gasteiger charge is -2.20. The van der Waals surface area contributed by atoms with Gasteiger partial charge in [0.25, 0.3) is 0 Å². The number of fused-ring (bicyclic) bond motifs is 1. The molecule has 0 saturated carbocycles. The van der Waals surface area contributed by atoms with Gasteiger partial charge in [0.1, 0.15) is 11.3 Å². The lowest BCUT2D eigenvalue weighted by molar-refractivity contribution is 0.418. The highest BCUT2D eigenvalue weighted by Gasteiger charge is 2.15. The predicted octanol–water partition coefficient (Wildman–Crippen LogP) is 2.51. The summed E-state index contributed by atoms with van der Waals surface area (Å²) in [7, 11) is 5.77. The van der Waals surface area contributed by atoms with Gasteiger partial charge in [-0.2, -0.15) is 0 Å². The second kappa shape index (κ2) is 5.67. The Labute approximate surface area is 120 Å². The molecule has 0 spiro atoms. The smallest absolute Gasteiger partial charge is 0.145 e. The Morgan fingerprint density at radius 3 is 2.60 bits per heavy atom. The van der Waals surface area contributed by atoms with E-state index in [0.717, 1.165) is 34.5 Å². The molecule has 4 nitrogen and oxygen atoms in total. The molecule has 1 atom stereocenters. The molecule has 2 rings (SSSR count). The van der Waals surface area contributed by atoms with Crippen molar-refractivity contribution in [2.75, 3.05) is 26.1 Å². The minimum Gasteiger partial charge on any atom is -0.494 e. The van der Waals surface area contributed by atoms with E-state index in [1.807, 2.05) is 34.0 Å². The molecule has 108 valence electrons. The first-order chi connectivity index (χ1) is 9.43. The van der Waals surface area contributed by atoms with Crippen LogP contribution < -0.4 is 15.4 Å². The van der Waals surface area contributed by atoms with E-state index >= 15 is 0 Å². The van der Waals surface area contributed by atoms with E-state index in [0.29, 0.717) is 0 Å². The molecule has 4 heteroatoms. The summed E-state index contributed by atoms with van der Waals surface area (Å²) in [6.07, 6.45) is 0.825. The molecule has 0 bridgehead atoms. The van der Waals surface area contributed by atoms with Crippen molar-refractivity contribution in [3.63, 3.8) is 0 Å². The molecule has 0 amide bonds. The number of benzene rings is 1. The van der Waals surface area contributed by atoms with E-state index in [1.54, 1.807) is 7.11 Å². The fourth-order valence-electron chi connectivity index (χ4n) is 2.52. The van der Waals surface area contributed by atoms with Gasteiger partial charge in [0.05, 0.1) is 7.11 Å². The Morgan fingerprint density at radius 2 is 2.05 bits per heavy atom. The number of hydrogen-bond donors (Lipinski definition) is 1. The molecule has 1 unspecified atom stereocenters. The van der Waals surface area contributed by atoms with Crippen LogP contribution in [0.15, 0.2) is 18.2 Å². The number of aryl methyl sites for hydroxylation is 1. The Kier molecular flexibility index (Phi) is 4.14. The summed E-state index contributed by atoms with van der Waals surface area (Å²) in [5, 5.41) is 1.14. The number of nitrogens with zero attached hydrogens (tertiary/aromatic N) is 2. The van der Waals surface area contributed by atoms with Gasteiger partial charge in [0.15, 0.2) is 0 Å². The Morgan fingerprint density at radius 1 is 1.35 bits per heavy atom. The van der Waals surface area contributed by atoms with Crippen molar-refractivity contribution in [3.8, 4) is 5.75 Å². The maximum Gasteiger partial charge on any atom is 0.145 e. The highest BCUT2D eigenvalue weighted by molar-refractivity contribution is 5.98. The zero-order valence-electron chi connectivity index (χ0n) is 12.9. The highest BCUT2D eigenvalue weighted by atomic mass is 16.5. The van der Waals surface area contributed by atoms with Gasteiger partial charge in [0.2, 0.25) is 0 Å². The highest BCUT2D eigenvalue weighted by Crippen LogP contribution is 2.34. The molecule has 0 fully saturated rings. The van der Waals surface area contributed by atoms with Crippen LogP contribution in [0.3, 0.4) is 0 Å². The van der Waals surface area contributed by atoms with Crippen LogP contribution in [0.5, 0.6) is 5.75 Å². The number of pyridine rings is 1. The standard InChI is InChI=1S/C16H23N3O/c1-10(17)8-12-6-7-14(20-5)16-15(12)13(19(3)4)9-11(2)18-16/h6-7,9-10H,8,17H2,1-5H3. The Hall–Kier alpha value is -1.81. The molecule has 1 aromatic heterocycles. The maximum absolute atomic E-state index is 5.98. The average Bonchev–Trinajstić information content (AvgIpc) is 2.37. The number of hydrogen-bond acceptors (Lipinski definition) is 4. The van der Waals surface area contributed by atoms with Gasteiger partial charge in [-0.1, -0.05) is 6.07 Å². The monoisotopic (exact) mass is 273 g/mol. The van der Waals surface area contributed by atoms with Gasteiger partial charge in [0, 0.05) is 36.9 Å². The van der Waals surface area contributed by atoms with Crippen LogP contribution in [0.4, 0.5) is 5.69 Å². The molecule has 2 N–H and O–H groups in total. The number of anilines is 1. The SMILES string of the molecule is COc1ccc(CC(C)N)c2c(N(C)C)cc(C)nc12. The molecule has 0 saturated heterocycles. The molecule has 20 heavy (non-hydrogen) atoms. The van der Waals surface area contributed by atoms with E-state index < -0.39 is 0 Å². The molecular formula is C16H23N3O. The molecule has 2 aromatic rings. The Bertz CT molecular complexity index is 621. The van der Waals surface area contributed by atoms with Crippen LogP contribution in [-0.2, 0) is 6.42 Å². The first-order valence-corrected chi connectivity index (χ1v) is 6.84. The van der Waals surface area contributed by atoms with Gasteiger partial charge >= 0.3 is 0 Å². The van der Waals surface area contributed by atoms with Crippen LogP contribution in [-0.4, -0.2) is 32.2 Å². The minimum atomic E-state index is 0.114. The van der Waals surface area contributed by atoms with Crippen molar-refractivity contribution in [2.24, 2.45) is 5.73 Å². The van der Waals surface area contributed by atoms with E-state index in [2.05, 4.69) is 22.0 Å². The summed E-state index contributed by atoms with van der Waals surface area (Å²) in [5.74, 6) is 0.806. The predicted molar refractivity (Wildman–Crippen MR) is 84.7 cm³/mol. The number of nitrogens with two attached hydrogens (primary N) is 1. The fourth-order valence-corrected chi connectivity index (χ4v) is 2.52. The van der Waals surface area contributed by atoms with Crippen LogP contribution in [0.25, 0.3) is 10.9 Å². The normalized spacial score (nSPS) is 12.5. The quantitative estimate of drug-likeness (QED) is 0.930. The van der Waals surface area contributed by atoms with Crippen LogP contribution in [0, 0.1) is 6.92 Å². The lowest BCUT2D eigenvalue weighted by Crippen LogP contribution is -2.19. The van der Waals surface area contributed by atoms with Crippen molar-refractivity contribution < 1.29 is 4.74 Å². The van der Waals surface area contributed by atoms with Gasteiger partial charge in [-0.25, -0.2) is 4.98 Å². The fraction of sp³-hybridized carbons (Fsp3) is 0.438. The molecule has 1 aromatic carbocycles. The number of ether oxygens (including phenoxy) is 1. The summed E-state index contributed by atoms with van der Waals surface area (Å²) in [6, 6.07) is 6.29. The number of rotatable bonds is 4. The van der Waals surface area contributed by atoms with Gasteiger partial charge in [-0.15, -0.1) is 0 Å². The molecule has 0 aliphatic heterocycles. The third kappa shape index (κ3) is 2.70. The van der Waals surface area contributed by atoms with E-state index in [9.17, 15) is 0 Å². The Balaban J connectivity index is 2.82. The average molecular weight is 273 g/mol. The lowest BCUT2D eigenvalue weighted by atomic mass is 9.99. The third-order valence-corrected chi connectivity index (χ3v) is 3.36. The third-order valence-electron chi connectivity index (χ3n) is 3.36. The topological polar surface area (TPSA) is 51.4 Å². The van der Waals surface area contributed by atoms with Crippen LogP contribution >= 0.6 is 0 Å². The molecule has 0 radical (unpaired) electrons. The minimum absolute atomic E-state index is 0.114. The summed E-state index contributed by atoms with van der Waals surface area (Å²) in [4.78, 5) is 6.78. The molecule has 0 aliphatic rings. The van der Waals surface area contributed by atoms with Crippen molar-refractivity contribution in [3.05, 3.63) is 29.5 Å². The summed E-state index contributed by atoms with van der Waals surface area (Å²) in [5.41, 5.74) is 10.2. The van der Waals surface area contributed by atoms with Gasteiger partial charge < -0.3 is 15.4 Å². The number of aromatic nitrogens is 1. The van der Waals surface area contributed by atoms with Crippen molar-refractivity contribution >= 4 is 16.6 Å². The second-order valence-electron chi connectivity index (χ2n) is 5.51. The van der Waals surface area contributed by atoms with Crippen LogP contribution in [0.1, 0.15) is 18.2 Å². The van der Waals surface area contributed by atoms with Gasteiger partial charge in [-0.3, -0.25) is 0 Å². The van der Waals surface area contributed by atoms with Crippen molar-refractivity contribution in [1.82, 2.24) is 4.98 Å². The molecule has 1 heterocycles. The van der Waals surface area contributed by atoms with E-state index in [-0.39, 0.29) is 6.04 Å².